The Hall–Kier alpha value is -4.95. The first kappa shape index (κ1) is 38.8. The van der Waals surface area contributed by atoms with Gasteiger partial charge in [-0.25, -0.2) is 0 Å². The minimum absolute atomic E-state index is 0.0130. The normalized spacial score (nSPS) is 20.0. The molecule has 3 aromatic rings. The largest absolute Gasteiger partial charge is 0.491 e. The van der Waals surface area contributed by atoms with Crippen LogP contribution < -0.4 is 9.47 Å². The maximum Gasteiger partial charge on any atom is 0.303 e. The Kier molecular flexibility index (Phi) is 14.0. The Labute approximate surface area is 297 Å². The van der Waals surface area contributed by atoms with Gasteiger partial charge in [-0.2, -0.15) is 0 Å². The number of benzene rings is 2. The molecular formula is C37H46N2O12. The van der Waals surface area contributed by atoms with E-state index in [1.54, 1.807) is 0 Å². The third-order valence-corrected chi connectivity index (χ3v) is 7.90. The third kappa shape index (κ3) is 11.3. The number of nitrogens with one attached hydrogen (secondary N) is 1. The van der Waals surface area contributed by atoms with Crippen LogP contribution in [0.1, 0.15) is 75.4 Å². The number of carbonyl (C=O) groups is 4. The lowest BCUT2D eigenvalue weighted by atomic mass is 9.96. The van der Waals surface area contributed by atoms with Gasteiger partial charge in [0, 0.05) is 45.4 Å². The Morgan fingerprint density at radius 3 is 2.14 bits per heavy atom. The van der Waals surface area contributed by atoms with Gasteiger partial charge in [-0.1, -0.05) is 50.2 Å². The van der Waals surface area contributed by atoms with E-state index in [4.69, 9.17) is 37.9 Å². The van der Waals surface area contributed by atoms with Gasteiger partial charge in [0.2, 0.25) is 18.3 Å². The highest BCUT2D eigenvalue weighted by Crippen LogP contribution is 2.34. The van der Waals surface area contributed by atoms with E-state index in [-0.39, 0.29) is 18.4 Å². The van der Waals surface area contributed by atoms with Crippen molar-refractivity contribution in [3.8, 4) is 11.6 Å². The van der Waals surface area contributed by atoms with Crippen LogP contribution in [-0.4, -0.2) is 84.6 Å². The molecule has 0 unspecified atom stereocenters. The molecule has 1 aliphatic rings. The molecule has 276 valence electrons. The summed E-state index contributed by atoms with van der Waals surface area (Å²) in [6.45, 7) is 11.6. The van der Waals surface area contributed by atoms with E-state index in [1.807, 2.05) is 69.3 Å². The highest BCUT2D eigenvalue weighted by atomic mass is 16.7. The molecule has 1 aliphatic heterocycles. The Morgan fingerprint density at radius 2 is 1.51 bits per heavy atom. The van der Waals surface area contributed by atoms with Crippen LogP contribution in [0.2, 0.25) is 0 Å². The second-order valence-corrected chi connectivity index (χ2v) is 12.4. The van der Waals surface area contributed by atoms with Gasteiger partial charge in [0.05, 0.1) is 13.2 Å². The molecule has 0 spiro atoms. The highest BCUT2D eigenvalue weighted by molar-refractivity contribution is 5.68. The molecule has 1 N–H and O–H groups in total. The Bertz CT molecular complexity index is 1640. The molecule has 51 heavy (non-hydrogen) atoms. The van der Waals surface area contributed by atoms with Crippen LogP contribution >= 0.6 is 0 Å². The number of aryl methyl sites for hydroxylation is 1. The standard InChI is InChI=1S/C37H46N2O12/c1-21(2)32-30(18-28-13-14-29(17-22(28)3)45-16-15-44-19-27-11-9-8-10-12-27)36(39-38-32)51-37-35(49-26(7)43)34(48-25(6)42)33(47-24(5)41)31(50-37)20-46-23(4)40/h8-14,17,21,31,33-35,37H,15-16,18-20H2,1-7H3,(H,38,39)/t31-,33-,34+,35-,37+/m1/s1. The van der Waals surface area contributed by atoms with Crippen molar-refractivity contribution in [1.82, 2.24) is 10.2 Å². The number of H-pyrrole nitrogens is 1. The summed E-state index contributed by atoms with van der Waals surface area (Å²) in [5.74, 6) is -1.97. The van der Waals surface area contributed by atoms with Crippen LogP contribution in [0.25, 0.3) is 0 Å². The summed E-state index contributed by atoms with van der Waals surface area (Å²) in [6, 6.07) is 15.7. The van der Waals surface area contributed by atoms with Crippen molar-refractivity contribution >= 4 is 23.9 Å². The van der Waals surface area contributed by atoms with Crippen molar-refractivity contribution in [2.75, 3.05) is 19.8 Å². The molecule has 0 saturated carbocycles. The number of aromatic amines is 1. The van der Waals surface area contributed by atoms with Crippen LogP contribution in [0.5, 0.6) is 11.6 Å². The lowest BCUT2D eigenvalue weighted by Gasteiger charge is -2.43. The summed E-state index contributed by atoms with van der Waals surface area (Å²) in [7, 11) is 0. The number of nitrogens with zero attached hydrogens (tertiary/aromatic N) is 1. The molecule has 5 atom stereocenters. The monoisotopic (exact) mass is 710 g/mol. The van der Waals surface area contributed by atoms with Gasteiger partial charge in [0.1, 0.15) is 25.1 Å². The predicted octanol–water partition coefficient (Wildman–Crippen LogP) is 4.49. The maximum absolute atomic E-state index is 12.3. The zero-order valence-electron chi connectivity index (χ0n) is 30.0. The first-order valence-corrected chi connectivity index (χ1v) is 16.7. The molecule has 1 saturated heterocycles. The van der Waals surface area contributed by atoms with Crippen molar-refractivity contribution in [2.45, 2.75) is 98.1 Å². The zero-order chi connectivity index (χ0) is 37.1. The molecule has 14 nitrogen and oxygen atoms in total. The maximum atomic E-state index is 12.3. The Balaban J connectivity index is 1.56. The van der Waals surface area contributed by atoms with E-state index >= 15 is 0 Å². The Morgan fingerprint density at radius 1 is 0.843 bits per heavy atom. The van der Waals surface area contributed by atoms with E-state index in [1.165, 1.54) is 13.8 Å². The number of aromatic nitrogens is 2. The molecule has 0 bridgehead atoms. The van der Waals surface area contributed by atoms with Crippen molar-refractivity contribution < 1.29 is 57.1 Å². The fourth-order valence-corrected chi connectivity index (χ4v) is 5.63. The molecule has 0 aliphatic carbocycles. The van der Waals surface area contributed by atoms with Crippen molar-refractivity contribution in [3.05, 3.63) is 76.5 Å². The van der Waals surface area contributed by atoms with E-state index in [0.717, 1.165) is 36.2 Å². The molecule has 1 fully saturated rings. The SMILES string of the molecule is CC(=O)OC[C@H]1O[C@@H](Oc2n[nH]c(C(C)C)c2Cc2ccc(OCCOCc3ccccc3)cc2C)[C@H](OC(C)=O)[C@@H](OC(C)=O)[C@@H]1OC(C)=O. The number of carbonyl (C=O) groups excluding carboxylic acids is 4. The van der Waals surface area contributed by atoms with Crippen LogP contribution in [0.4, 0.5) is 0 Å². The number of rotatable bonds is 16. The first-order valence-electron chi connectivity index (χ1n) is 16.7. The summed E-state index contributed by atoms with van der Waals surface area (Å²) in [6.07, 6.45) is -6.26. The van der Waals surface area contributed by atoms with E-state index in [2.05, 4.69) is 10.2 Å². The van der Waals surface area contributed by atoms with Gasteiger partial charge in [-0.15, -0.1) is 5.10 Å². The van der Waals surface area contributed by atoms with Gasteiger partial charge in [0.15, 0.2) is 12.2 Å². The topological polar surface area (TPSA) is 171 Å². The summed E-state index contributed by atoms with van der Waals surface area (Å²) >= 11 is 0. The van der Waals surface area contributed by atoms with Crippen LogP contribution in [0.3, 0.4) is 0 Å². The molecule has 1 aromatic heterocycles. The second kappa shape index (κ2) is 18.3. The molecular weight excluding hydrogens is 664 g/mol. The van der Waals surface area contributed by atoms with Gasteiger partial charge in [-0.3, -0.25) is 24.3 Å². The lowest BCUT2D eigenvalue weighted by molar-refractivity contribution is -0.289. The molecule has 4 rings (SSSR count). The van der Waals surface area contributed by atoms with E-state index in [9.17, 15) is 19.2 Å². The molecule has 0 amide bonds. The third-order valence-electron chi connectivity index (χ3n) is 7.90. The van der Waals surface area contributed by atoms with Gasteiger partial charge < -0.3 is 37.9 Å². The number of hydrogen-bond donors (Lipinski definition) is 1. The van der Waals surface area contributed by atoms with Gasteiger partial charge in [-0.05, 0) is 41.7 Å². The van der Waals surface area contributed by atoms with E-state index in [0.29, 0.717) is 37.6 Å². The molecule has 14 heteroatoms. The fourth-order valence-electron chi connectivity index (χ4n) is 5.63. The zero-order valence-corrected chi connectivity index (χ0v) is 30.0. The molecule has 2 aromatic carbocycles. The lowest BCUT2D eigenvalue weighted by Crippen LogP contribution is -2.63. The number of esters is 4. The molecule has 0 radical (unpaired) electrons. The average molecular weight is 711 g/mol. The minimum Gasteiger partial charge on any atom is -0.491 e. The first-order chi connectivity index (χ1) is 24.3. The highest BCUT2D eigenvalue weighted by Gasteiger charge is 2.53. The molecule has 2 heterocycles. The summed E-state index contributed by atoms with van der Waals surface area (Å²) in [4.78, 5) is 48.4. The van der Waals surface area contributed by atoms with Crippen LogP contribution in [-0.2, 0) is 60.6 Å². The minimum atomic E-state index is -1.42. The van der Waals surface area contributed by atoms with Crippen LogP contribution in [0, 0.1) is 6.92 Å². The van der Waals surface area contributed by atoms with Crippen molar-refractivity contribution in [2.24, 2.45) is 0 Å². The average Bonchev–Trinajstić information content (AvgIpc) is 3.45. The second-order valence-electron chi connectivity index (χ2n) is 12.4. The van der Waals surface area contributed by atoms with Gasteiger partial charge in [0.25, 0.3) is 0 Å². The van der Waals surface area contributed by atoms with Gasteiger partial charge >= 0.3 is 23.9 Å². The van der Waals surface area contributed by atoms with Crippen molar-refractivity contribution in [3.63, 3.8) is 0 Å². The van der Waals surface area contributed by atoms with Crippen LogP contribution in [0.15, 0.2) is 48.5 Å². The predicted molar refractivity (Wildman–Crippen MR) is 181 cm³/mol. The number of hydrogen-bond acceptors (Lipinski definition) is 13. The fraction of sp³-hybridized carbons (Fsp3) is 0.486. The smallest absolute Gasteiger partial charge is 0.303 e. The summed E-state index contributed by atoms with van der Waals surface area (Å²) in [5, 5.41) is 7.49. The van der Waals surface area contributed by atoms with Crippen molar-refractivity contribution in [1.29, 1.82) is 0 Å². The summed E-state index contributed by atoms with van der Waals surface area (Å²) in [5.41, 5.74) is 4.54. The summed E-state index contributed by atoms with van der Waals surface area (Å²) < 4.78 is 45.9. The number of ether oxygens (including phenoxy) is 8. The van der Waals surface area contributed by atoms with E-state index < -0.39 is 54.6 Å². The quantitative estimate of drug-likeness (QED) is 0.125.